The molecule has 0 saturated heterocycles. The monoisotopic (exact) mass is 491 g/mol. The van der Waals surface area contributed by atoms with Crippen molar-refractivity contribution in [3.05, 3.63) is 50.2 Å². The fourth-order valence-electron chi connectivity index (χ4n) is 2.85. The van der Waals surface area contributed by atoms with E-state index in [0.717, 1.165) is 12.8 Å². The largest absolute Gasteiger partial charge is 0.436 e. The Morgan fingerprint density at radius 2 is 2.14 bits per heavy atom. The van der Waals surface area contributed by atoms with E-state index in [9.17, 15) is 23.3 Å². The van der Waals surface area contributed by atoms with Crippen molar-refractivity contribution < 1.29 is 18.1 Å². The third-order valence-corrected chi connectivity index (χ3v) is 5.34. The summed E-state index contributed by atoms with van der Waals surface area (Å²) in [5, 5.41) is 20.6. The fourth-order valence-corrected chi connectivity index (χ4v) is 3.91. The number of hydrogen-bond donors (Lipinski definition) is 2. The van der Waals surface area contributed by atoms with Gasteiger partial charge in [-0.05, 0) is 53.5 Å². The summed E-state index contributed by atoms with van der Waals surface area (Å²) >= 11 is 8.22. The van der Waals surface area contributed by atoms with Crippen molar-refractivity contribution in [1.29, 1.82) is 0 Å². The Morgan fingerprint density at radius 1 is 1.41 bits per heavy atom. The summed E-state index contributed by atoms with van der Waals surface area (Å²) in [6.07, 6.45) is -2.29. The second-order valence-electron chi connectivity index (χ2n) is 6.58. The van der Waals surface area contributed by atoms with Crippen molar-refractivity contribution in [2.75, 3.05) is 11.9 Å². The van der Waals surface area contributed by atoms with Gasteiger partial charge in [-0.1, -0.05) is 6.07 Å². The molecule has 2 N–H and O–H groups in total. The van der Waals surface area contributed by atoms with E-state index in [1.807, 2.05) is 0 Å². The lowest BCUT2D eigenvalue weighted by Gasteiger charge is -2.11. The molecule has 1 aliphatic rings. The van der Waals surface area contributed by atoms with Crippen LogP contribution in [0.3, 0.4) is 0 Å². The van der Waals surface area contributed by atoms with Crippen molar-refractivity contribution in [2.45, 2.75) is 37.9 Å². The number of rotatable bonds is 7. The van der Waals surface area contributed by atoms with Crippen molar-refractivity contribution in [1.82, 2.24) is 15.1 Å². The highest BCUT2D eigenvalue weighted by Gasteiger charge is 2.41. The lowest BCUT2D eigenvalue weighted by atomic mass is 10.2. The third kappa shape index (κ3) is 5.44. The molecule has 0 spiro atoms. The maximum atomic E-state index is 13.1. The molecule has 3 rings (SSSR count). The van der Waals surface area contributed by atoms with Gasteiger partial charge in [0.05, 0.1) is 15.1 Å². The standard InChI is InChI=1S/C17H17BrF3N5O2S/c18-13-14(10-5-6-10)25(24-15(13)17(19,20)21)8-2-7-22-16(29)23-11-3-1-4-12(9-11)26(27)28/h1,3-4,9-10H,2,5-8H2,(H2,22,23,29). The topological polar surface area (TPSA) is 85.0 Å². The number of nitrogens with one attached hydrogen (secondary N) is 2. The first-order chi connectivity index (χ1) is 13.7. The summed E-state index contributed by atoms with van der Waals surface area (Å²) in [5.41, 5.74) is 0.110. The van der Waals surface area contributed by atoms with Crippen LogP contribution in [0.25, 0.3) is 0 Å². The molecule has 0 aliphatic heterocycles. The molecule has 1 saturated carbocycles. The average Bonchev–Trinajstić information content (AvgIpc) is 3.41. The molecular formula is C17H17BrF3N5O2S. The van der Waals surface area contributed by atoms with E-state index in [0.29, 0.717) is 30.9 Å². The van der Waals surface area contributed by atoms with Crippen LogP contribution in [0.5, 0.6) is 0 Å². The highest BCUT2D eigenvalue weighted by Crippen LogP contribution is 2.46. The van der Waals surface area contributed by atoms with Gasteiger partial charge >= 0.3 is 6.18 Å². The first-order valence-electron chi connectivity index (χ1n) is 8.79. The van der Waals surface area contributed by atoms with E-state index in [1.165, 1.54) is 22.9 Å². The number of alkyl halides is 3. The van der Waals surface area contributed by atoms with Gasteiger partial charge in [0.15, 0.2) is 10.8 Å². The molecule has 0 radical (unpaired) electrons. The number of aryl methyl sites for hydroxylation is 1. The Balaban J connectivity index is 1.54. The molecule has 156 valence electrons. The fraction of sp³-hybridized carbons (Fsp3) is 0.412. The zero-order valence-electron chi connectivity index (χ0n) is 15.0. The van der Waals surface area contributed by atoms with Crippen molar-refractivity contribution in [3.63, 3.8) is 0 Å². The number of halogens is 4. The molecule has 12 heteroatoms. The average molecular weight is 492 g/mol. The van der Waals surface area contributed by atoms with Crippen molar-refractivity contribution in [3.8, 4) is 0 Å². The highest BCUT2D eigenvalue weighted by atomic mass is 79.9. The quantitative estimate of drug-likeness (QED) is 0.250. The molecule has 1 aromatic carbocycles. The first-order valence-corrected chi connectivity index (χ1v) is 9.99. The van der Waals surface area contributed by atoms with E-state index in [1.54, 1.807) is 6.07 Å². The van der Waals surface area contributed by atoms with Gasteiger partial charge < -0.3 is 10.6 Å². The predicted octanol–water partition coefficient (Wildman–Crippen LogP) is 4.83. The smallest absolute Gasteiger partial charge is 0.362 e. The van der Waals surface area contributed by atoms with Crippen LogP contribution in [0.15, 0.2) is 28.7 Å². The summed E-state index contributed by atoms with van der Waals surface area (Å²) in [5.74, 6) is 0.109. The zero-order valence-corrected chi connectivity index (χ0v) is 17.4. The van der Waals surface area contributed by atoms with Crippen LogP contribution in [-0.2, 0) is 12.7 Å². The van der Waals surface area contributed by atoms with Crippen LogP contribution in [0, 0.1) is 10.1 Å². The summed E-state index contributed by atoms with van der Waals surface area (Å²) in [4.78, 5) is 10.3. The van der Waals surface area contributed by atoms with Crippen LogP contribution in [-0.4, -0.2) is 26.4 Å². The first kappa shape index (κ1) is 21.5. The minimum absolute atomic E-state index is 0.0309. The summed E-state index contributed by atoms with van der Waals surface area (Å²) in [6.45, 7) is 0.719. The van der Waals surface area contributed by atoms with Gasteiger partial charge in [-0.2, -0.15) is 18.3 Å². The van der Waals surface area contributed by atoms with Gasteiger partial charge in [0.25, 0.3) is 5.69 Å². The highest BCUT2D eigenvalue weighted by molar-refractivity contribution is 9.10. The molecule has 0 amide bonds. The van der Waals surface area contributed by atoms with E-state index in [-0.39, 0.29) is 21.2 Å². The number of thiocarbonyl (C=S) groups is 1. The van der Waals surface area contributed by atoms with Crippen LogP contribution in [0.1, 0.15) is 36.6 Å². The summed E-state index contributed by atoms with van der Waals surface area (Å²) < 4.78 is 40.8. The lowest BCUT2D eigenvalue weighted by molar-refractivity contribution is -0.384. The second-order valence-corrected chi connectivity index (χ2v) is 7.79. The molecule has 1 fully saturated rings. The number of nitro groups is 1. The van der Waals surface area contributed by atoms with Crippen LogP contribution >= 0.6 is 28.1 Å². The van der Waals surface area contributed by atoms with Gasteiger partial charge in [0, 0.05) is 36.8 Å². The third-order valence-electron chi connectivity index (χ3n) is 4.31. The van der Waals surface area contributed by atoms with E-state index >= 15 is 0 Å². The molecular weight excluding hydrogens is 475 g/mol. The van der Waals surface area contributed by atoms with Gasteiger partial charge in [-0.15, -0.1) is 0 Å². The minimum atomic E-state index is -4.50. The van der Waals surface area contributed by atoms with E-state index < -0.39 is 16.8 Å². The number of nitrogens with zero attached hydrogens (tertiary/aromatic N) is 3. The second kappa shape index (κ2) is 8.66. The maximum absolute atomic E-state index is 13.1. The van der Waals surface area contributed by atoms with Crippen LogP contribution < -0.4 is 10.6 Å². The minimum Gasteiger partial charge on any atom is -0.362 e. The predicted molar refractivity (Wildman–Crippen MR) is 109 cm³/mol. The molecule has 7 nitrogen and oxygen atoms in total. The Labute approximate surface area is 177 Å². The Morgan fingerprint density at radius 3 is 2.76 bits per heavy atom. The molecule has 1 aliphatic carbocycles. The molecule has 0 atom stereocenters. The SMILES string of the molecule is O=[N+]([O-])c1cccc(NC(=S)NCCCn2nc(C(F)(F)F)c(Br)c2C2CC2)c1. The van der Waals surface area contributed by atoms with Gasteiger partial charge in [0.1, 0.15) is 0 Å². The Kier molecular flexibility index (Phi) is 6.42. The van der Waals surface area contributed by atoms with Crippen molar-refractivity contribution in [2.24, 2.45) is 0 Å². The number of hydrogen-bond acceptors (Lipinski definition) is 4. The lowest BCUT2D eigenvalue weighted by Crippen LogP contribution is -2.30. The van der Waals surface area contributed by atoms with Gasteiger partial charge in [-0.25, -0.2) is 0 Å². The number of non-ortho nitro benzene ring substituents is 1. The van der Waals surface area contributed by atoms with Crippen molar-refractivity contribution >= 4 is 44.6 Å². The molecule has 1 aromatic heterocycles. The molecule has 0 unspecified atom stereocenters. The number of nitro benzene ring substituents is 1. The number of anilines is 1. The molecule has 0 bridgehead atoms. The maximum Gasteiger partial charge on any atom is 0.436 e. The van der Waals surface area contributed by atoms with Crippen LogP contribution in [0.4, 0.5) is 24.5 Å². The van der Waals surface area contributed by atoms with Crippen LogP contribution in [0.2, 0.25) is 0 Å². The zero-order chi connectivity index (χ0) is 21.2. The molecule has 2 aromatic rings. The van der Waals surface area contributed by atoms with Gasteiger partial charge in [-0.3, -0.25) is 14.8 Å². The number of aromatic nitrogens is 2. The number of benzene rings is 1. The molecule has 29 heavy (non-hydrogen) atoms. The summed E-state index contributed by atoms with van der Waals surface area (Å²) in [7, 11) is 0. The summed E-state index contributed by atoms with van der Waals surface area (Å²) in [6, 6.07) is 5.91. The van der Waals surface area contributed by atoms with E-state index in [2.05, 4.69) is 31.7 Å². The Hall–Kier alpha value is -2.21. The Bertz CT molecular complexity index is 930. The normalized spacial score (nSPS) is 13.9. The van der Waals surface area contributed by atoms with E-state index in [4.69, 9.17) is 12.2 Å². The van der Waals surface area contributed by atoms with Gasteiger partial charge in [0.2, 0.25) is 0 Å². The molecule has 1 heterocycles.